The van der Waals surface area contributed by atoms with Crippen molar-refractivity contribution in [1.29, 1.82) is 0 Å². The number of hydrogen-bond acceptors (Lipinski definition) is 6. The molecule has 1 aliphatic heterocycles. The summed E-state index contributed by atoms with van der Waals surface area (Å²) in [4.78, 5) is 26.3. The minimum atomic E-state index is -2.90. The minimum absolute atomic E-state index is 0.0687. The molecule has 7 nitrogen and oxygen atoms in total. The summed E-state index contributed by atoms with van der Waals surface area (Å²) in [5.74, 6) is 0.104. The summed E-state index contributed by atoms with van der Waals surface area (Å²) in [7, 11) is 4.23. The second-order valence-corrected chi connectivity index (χ2v) is 10.3. The molecule has 1 aliphatic rings. The van der Waals surface area contributed by atoms with E-state index in [1.54, 1.807) is 6.07 Å². The van der Waals surface area contributed by atoms with Crippen molar-refractivity contribution in [2.45, 2.75) is 25.3 Å². The second-order valence-electron chi connectivity index (χ2n) is 9.44. The number of halogens is 4. The van der Waals surface area contributed by atoms with E-state index in [0.29, 0.717) is 11.7 Å². The smallest absolute Gasteiger partial charge is 0.267 e. The van der Waals surface area contributed by atoms with Gasteiger partial charge in [0, 0.05) is 42.9 Å². The number of alkyl halides is 2. The van der Waals surface area contributed by atoms with Gasteiger partial charge in [0.15, 0.2) is 0 Å². The molecule has 0 saturated carbocycles. The minimum Gasteiger partial charge on any atom is -0.371 e. The highest BCUT2D eigenvalue weighted by Gasteiger charge is 2.22. The van der Waals surface area contributed by atoms with Gasteiger partial charge >= 0.3 is 0 Å². The summed E-state index contributed by atoms with van der Waals surface area (Å²) < 4.78 is 29.2. The van der Waals surface area contributed by atoms with Gasteiger partial charge in [0.2, 0.25) is 5.95 Å². The zero-order valence-electron chi connectivity index (χ0n) is 20.8. The molecule has 0 radical (unpaired) electrons. The van der Waals surface area contributed by atoms with Crippen molar-refractivity contribution in [2.24, 2.45) is 0 Å². The van der Waals surface area contributed by atoms with Crippen LogP contribution in [0.15, 0.2) is 59.7 Å². The van der Waals surface area contributed by atoms with Crippen LogP contribution in [0.1, 0.15) is 24.8 Å². The maximum Gasteiger partial charge on any atom is 0.267 e. The first-order chi connectivity index (χ1) is 18.2. The molecule has 3 heterocycles. The number of rotatable bonds is 6. The molecular formula is C27H26Cl2F2N6O. The van der Waals surface area contributed by atoms with E-state index in [-0.39, 0.29) is 32.6 Å². The third-order valence-electron chi connectivity index (χ3n) is 6.88. The van der Waals surface area contributed by atoms with Crippen LogP contribution in [0.3, 0.4) is 0 Å². The molecule has 198 valence electrons. The summed E-state index contributed by atoms with van der Waals surface area (Å²) >= 11 is 12.5. The van der Waals surface area contributed by atoms with Gasteiger partial charge in [-0.05, 0) is 63.3 Å². The molecule has 0 unspecified atom stereocenters. The third-order valence-corrected chi connectivity index (χ3v) is 7.49. The number of aromatic nitrogens is 3. The van der Waals surface area contributed by atoms with E-state index in [1.165, 1.54) is 18.3 Å². The summed E-state index contributed by atoms with van der Waals surface area (Å²) in [5, 5.41) is 3.30. The van der Waals surface area contributed by atoms with Gasteiger partial charge in [0.05, 0.1) is 32.2 Å². The van der Waals surface area contributed by atoms with Gasteiger partial charge < -0.3 is 15.1 Å². The van der Waals surface area contributed by atoms with E-state index in [9.17, 15) is 13.6 Å². The van der Waals surface area contributed by atoms with Crippen LogP contribution in [0.2, 0.25) is 10.0 Å². The molecule has 5 rings (SSSR count). The number of fused-ring (bicyclic) bond motifs is 1. The molecule has 0 aliphatic carbocycles. The van der Waals surface area contributed by atoms with Crippen LogP contribution in [0.4, 0.5) is 26.1 Å². The van der Waals surface area contributed by atoms with Crippen LogP contribution in [-0.2, 0) is 0 Å². The van der Waals surface area contributed by atoms with Gasteiger partial charge in [-0.1, -0.05) is 29.3 Å². The standard InChI is InChI=1S/C27H26Cl2F2N6O/c1-35(2)17-10-12-36(13-11-17)18-8-6-16(7-9-18)33-27-32-14-19-23(34-27)20(25(30)31)15-37(26(19)38)24-21(28)4-3-5-22(24)29/h3-9,14-15,17,25H,10-13H2,1-2H3,(H,32,33,34). The number of anilines is 3. The summed E-state index contributed by atoms with van der Waals surface area (Å²) in [6.45, 7) is 1.97. The van der Waals surface area contributed by atoms with Crippen molar-refractivity contribution in [1.82, 2.24) is 19.4 Å². The lowest BCUT2D eigenvalue weighted by atomic mass is 10.0. The van der Waals surface area contributed by atoms with Gasteiger partial charge in [-0.15, -0.1) is 0 Å². The van der Waals surface area contributed by atoms with Crippen LogP contribution in [0, 0.1) is 0 Å². The quantitative estimate of drug-likeness (QED) is 0.299. The Bertz CT molecular complexity index is 1500. The molecule has 11 heteroatoms. The Morgan fingerprint density at radius 2 is 1.71 bits per heavy atom. The van der Waals surface area contributed by atoms with Crippen LogP contribution >= 0.6 is 23.2 Å². The SMILES string of the molecule is CN(C)C1CCN(c2ccc(Nc3ncc4c(=O)n(-c5c(Cl)cccc5Cl)cc(C(F)F)c4n3)cc2)CC1. The Morgan fingerprint density at radius 3 is 2.32 bits per heavy atom. The van der Waals surface area contributed by atoms with E-state index in [4.69, 9.17) is 23.2 Å². The highest BCUT2D eigenvalue weighted by molar-refractivity contribution is 6.37. The maximum atomic E-state index is 14.1. The van der Waals surface area contributed by atoms with Gasteiger partial charge in [-0.25, -0.2) is 18.7 Å². The number of pyridine rings is 1. The first kappa shape index (κ1) is 26.3. The summed E-state index contributed by atoms with van der Waals surface area (Å²) in [6.07, 6.45) is 1.59. The molecule has 0 amide bonds. The zero-order valence-corrected chi connectivity index (χ0v) is 22.3. The lowest BCUT2D eigenvalue weighted by Gasteiger charge is -2.36. The fourth-order valence-electron chi connectivity index (χ4n) is 4.78. The Hall–Kier alpha value is -3.27. The van der Waals surface area contributed by atoms with E-state index in [0.717, 1.165) is 42.4 Å². The normalized spacial score (nSPS) is 14.6. The third kappa shape index (κ3) is 5.18. The Labute approximate surface area is 228 Å². The fourth-order valence-corrected chi connectivity index (χ4v) is 5.36. The van der Waals surface area contributed by atoms with Crippen LogP contribution in [-0.4, -0.2) is 52.7 Å². The van der Waals surface area contributed by atoms with Crippen molar-refractivity contribution in [3.8, 4) is 5.69 Å². The highest BCUT2D eigenvalue weighted by atomic mass is 35.5. The van der Waals surface area contributed by atoms with Crippen LogP contribution in [0.5, 0.6) is 0 Å². The lowest BCUT2D eigenvalue weighted by Crippen LogP contribution is -2.41. The Balaban J connectivity index is 1.43. The number of hydrogen-bond donors (Lipinski definition) is 1. The van der Waals surface area contributed by atoms with Gasteiger partial charge in [-0.2, -0.15) is 0 Å². The van der Waals surface area contributed by atoms with Gasteiger partial charge in [0.25, 0.3) is 12.0 Å². The molecule has 1 N–H and O–H groups in total. The second kappa shape index (κ2) is 10.8. The number of benzene rings is 2. The Kier molecular flexibility index (Phi) is 7.52. The molecule has 0 spiro atoms. The summed E-state index contributed by atoms with van der Waals surface area (Å²) in [5.41, 5.74) is 0.767. The first-order valence-corrected chi connectivity index (χ1v) is 12.9. The van der Waals surface area contributed by atoms with Crippen molar-refractivity contribution >= 4 is 51.4 Å². The van der Waals surface area contributed by atoms with E-state index in [2.05, 4.69) is 39.2 Å². The predicted molar refractivity (Wildman–Crippen MR) is 149 cm³/mol. The largest absolute Gasteiger partial charge is 0.371 e. The average molecular weight is 559 g/mol. The number of nitrogens with one attached hydrogen (secondary N) is 1. The maximum absolute atomic E-state index is 14.1. The average Bonchev–Trinajstić information content (AvgIpc) is 2.90. The lowest BCUT2D eigenvalue weighted by molar-refractivity contribution is 0.152. The molecule has 2 aromatic heterocycles. The van der Waals surface area contributed by atoms with Crippen molar-refractivity contribution < 1.29 is 8.78 Å². The topological polar surface area (TPSA) is 66.3 Å². The van der Waals surface area contributed by atoms with E-state index in [1.807, 2.05) is 24.3 Å². The monoisotopic (exact) mass is 558 g/mol. The van der Waals surface area contributed by atoms with E-state index >= 15 is 0 Å². The van der Waals surface area contributed by atoms with E-state index < -0.39 is 17.5 Å². The number of para-hydroxylation sites is 1. The zero-order chi connectivity index (χ0) is 27.0. The molecule has 1 saturated heterocycles. The predicted octanol–water partition coefficient (Wildman–Crippen LogP) is 6.30. The molecule has 1 fully saturated rings. The number of nitrogens with zero attached hydrogens (tertiary/aromatic N) is 5. The van der Waals surface area contributed by atoms with Crippen LogP contribution in [0.25, 0.3) is 16.6 Å². The molecule has 38 heavy (non-hydrogen) atoms. The summed E-state index contributed by atoms with van der Waals surface area (Å²) in [6, 6.07) is 13.1. The van der Waals surface area contributed by atoms with Crippen LogP contribution < -0.4 is 15.8 Å². The van der Waals surface area contributed by atoms with Gasteiger partial charge in [0.1, 0.15) is 0 Å². The molecule has 0 bridgehead atoms. The fraction of sp³-hybridized carbons (Fsp3) is 0.296. The van der Waals surface area contributed by atoms with Crippen molar-refractivity contribution in [2.75, 3.05) is 37.4 Å². The Morgan fingerprint density at radius 1 is 1.05 bits per heavy atom. The molecule has 2 aromatic carbocycles. The molecular weight excluding hydrogens is 533 g/mol. The highest BCUT2D eigenvalue weighted by Crippen LogP contribution is 2.31. The number of piperidine rings is 1. The van der Waals surface area contributed by atoms with Gasteiger partial charge in [-0.3, -0.25) is 9.36 Å². The first-order valence-electron chi connectivity index (χ1n) is 12.2. The molecule has 0 atom stereocenters. The molecule has 4 aromatic rings. The van der Waals surface area contributed by atoms with Crippen molar-refractivity contribution in [3.05, 3.63) is 80.8 Å². The van der Waals surface area contributed by atoms with Crippen molar-refractivity contribution in [3.63, 3.8) is 0 Å².